The van der Waals surface area contributed by atoms with Crippen LogP contribution in [0.1, 0.15) is 38.9 Å². The van der Waals surface area contributed by atoms with Crippen molar-refractivity contribution in [1.82, 2.24) is 0 Å². The molecule has 0 aromatic heterocycles. The molecule has 1 unspecified atom stereocenters. The summed E-state index contributed by atoms with van der Waals surface area (Å²) < 4.78 is 6.27. The van der Waals surface area contributed by atoms with Crippen molar-refractivity contribution >= 4 is 0 Å². The van der Waals surface area contributed by atoms with E-state index in [1.54, 1.807) is 36.4 Å². The van der Waals surface area contributed by atoms with Crippen LogP contribution in [-0.4, -0.2) is 73.4 Å². The van der Waals surface area contributed by atoms with Crippen molar-refractivity contribution in [2.75, 3.05) is 13.2 Å². The molecule has 7 N–H and O–H groups in total. The van der Waals surface area contributed by atoms with Gasteiger partial charge in [-0.1, -0.05) is 84.9 Å². The van der Waals surface area contributed by atoms with Gasteiger partial charge in [-0.15, -0.1) is 0 Å². The Bertz CT molecular complexity index is 1440. The molecule has 8 nitrogen and oxygen atoms in total. The van der Waals surface area contributed by atoms with E-state index in [4.69, 9.17) is 4.74 Å². The van der Waals surface area contributed by atoms with Gasteiger partial charge < -0.3 is 40.5 Å². The first-order valence-electron chi connectivity index (χ1n) is 14.7. The third kappa shape index (κ3) is 8.11. The molecular formula is C36H42O8. The molecule has 0 bridgehead atoms. The van der Waals surface area contributed by atoms with E-state index in [9.17, 15) is 35.7 Å². The van der Waals surface area contributed by atoms with Gasteiger partial charge in [-0.3, -0.25) is 0 Å². The zero-order valence-electron chi connectivity index (χ0n) is 24.8. The van der Waals surface area contributed by atoms with Gasteiger partial charge in [0.05, 0.1) is 6.61 Å². The largest absolute Gasteiger partial charge is 0.488 e. The highest BCUT2D eigenvalue weighted by molar-refractivity contribution is 5.48. The quantitative estimate of drug-likeness (QED) is 0.110. The Balaban J connectivity index is 1.83. The lowest BCUT2D eigenvalue weighted by Crippen LogP contribution is -2.55. The van der Waals surface area contributed by atoms with Crippen molar-refractivity contribution in [2.45, 2.75) is 62.8 Å². The molecule has 0 heterocycles. The van der Waals surface area contributed by atoms with Crippen molar-refractivity contribution in [3.63, 3.8) is 0 Å². The fourth-order valence-corrected chi connectivity index (χ4v) is 5.35. The number of aliphatic hydroxyl groups is 7. The summed E-state index contributed by atoms with van der Waals surface area (Å²) in [6, 6.07) is 29.8. The van der Waals surface area contributed by atoms with Crippen molar-refractivity contribution in [1.29, 1.82) is 0 Å². The molecule has 0 aliphatic carbocycles. The fourth-order valence-electron chi connectivity index (χ4n) is 5.35. The van der Waals surface area contributed by atoms with Gasteiger partial charge in [-0.2, -0.15) is 0 Å². The molecule has 0 aliphatic heterocycles. The van der Waals surface area contributed by atoms with Crippen molar-refractivity contribution < 1.29 is 40.5 Å². The first-order chi connectivity index (χ1) is 21.2. The van der Waals surface area contributed by atoms with Gasteiger partial charge in [0.2, 0.25) is 0 Å². The number of aliphatic hydroxyl groups excluding tert-OH is 6. The number of hydrogen-bond acceptors (Lipinski definition) is 8. The monoisotopic (exact) mass is 602 g/mol. The number of ether oxygens (including phenoxy) is 1. The van der Waals surface area contributed by atoms with Crippen LogP contribution >= 0.6 is 0 Å². The molecule has 0 radical (unpaired) electrons. The number of benzene rings is 4. The molecule has 0 fully saturated rings. The van der Waals surface area contributed by atoms with Gasteiger partial charge in [0.1, 0.15) is 42.4 Å². The molecule has 8 heteroatoms. The smallest absolute Gasteiger partial charge is 0.126 e. The first kappa shape index (κ1) is 33.3. The van der Waals surface area contributed by atoms with Crippen molar-refractivity contribution in [3.8, 4) is 5.75 Å². The third-order valence-electron chi connectivity index (χ3n) is 8.02. The number of rotatable bonds is 15. The zero-order chi connectivity index (χ0) is 31.7. The maximum atomic E-state index is 12.5. The van der Waals surface area contributed by atoms with Crippen LogP contribution in [0.2, 0.25) is 0 Å². The minimum absolute atomic E-state index is 0.0600. The van der Waals surface area contributed by atoms with Crippen LogP contribution in [0.15, 0.2) is 97.1 Å². The molecule has 234 valence electrons. The Morgan fingerprint density at radius 3 is 1.89 bits per heavy atom. The average molecular weight is 603 g/mol. The lowest BCUT2D eigenvalue weighted by atomic mass is 9.77. The summed E-state index contributed by atoms with van der Waals surface area (Å²) in [7, 11) is 0. The van der Waals surface area contributed by atoms with Gasteiger partial charge in [0.15, 0.2) is 0 Å². The number of aryl methyl sites for hydroxylation is 1. The highest BCUT2D eigenvalue weighted by Gasteiger charge is 2.47. The molecule has 4 aromatic rings. The van der Waals surface area contributed by atoms with Crippen molar-refractivity contribution in [3.05, 3.63) is 136 Å². The Morgan fingerprint density at radius 2 is 1.30 bits per heavy atom. The molecule has 0 saturated carbocycles. The summed E-state index contributed by atoms with van der Waals surface area (Å²) in [4.78, 5) is 0. The SMILES string of the molecule is Cc1cc(OCc2ccccc2)c(C(O)(Cc2ccccc2)[C@H](O)[C@@H](O)[C@H](O)[C@H](O)CO)cc1Cc1ccc(CCO)cc1. The normalized spacial score (nSPS) is 15.6. The second-order valence-electron chi connectivity index (χ2n) is 11.3. The highest BCUT2D eigenvalue weighted by atomic mass is 16.5. The van der Waals surface area contributed by atoms with Crippen LogP contribution < -0.4 is 4.74 Å². The third-order valence-corrected chi connectivity index (χ3v) is 8.02. The minimum atomic E-state index is -2.20. The fraction of sp³-hybridized carbons (Fsp3) is 0.333. The van der Waals surface area contributed by atoms with Gasteiger partial charge in [0, 0.05) is 18.6 Å². The average Bonchev–Trinajstić information content (AvgIpc) is 3.05. The van der Waals surface area contributed by atoms with Crippen molar-refractivity contribution in [2.24, 2.45) is 0 Å². The molecule has 0 amide bonds. The van der Waals surface area contributed by atoms with Gasteiger partial charge in [0.25, 0.3) is 0 Å². The topological polar surface area (TPSA) is 151 Å². The van der Waals surface area contributed by atoms with E-state index in [1.165, 1.54) is 0 Å². The first-order valence-corrected chi connectivity index (χ1v) is 14.7. The summed E-state index contributed by atoms with van der Waals surface area (Å²) in [5.74, 6) is 0.287. The van der Waals surface area contributed by atoms with Gasteiger partial charge in [-0.05, 0) is 65.3 Å². The van der Waals surface area contributed by atoms with Gasteiger partial charge >= 0.3 is 0 Å². The van der Waals surface area contributed by atoms with E-state index in [0.717, 1.165) is 27.8 Å². The second kappa shape index (κ2) is 15.4. The van der Waals surface area contributed by atoms with Crippen LogP contribution in [0.5, 0.6) is 5.75 Å². The Hall–Kier alpha value is -3.60. The van der Waals surface area contributed by atoms with Crippen LogP contribution in [-0.2, 0) is 31.5 Å². The molecule has 0 saturated heterocycles. The predicted molar refractivity (Wildman–Crippen MR) is 167 cm³/mol. The standard InChI is InChI=1S/C36H42O8/c1-24-18-32(44-23-28-10-6-3-7-11-28)30(20-29(24)19-26-14-12-25(13-15-26)16-17-37)36(43,21-27-8-4-2-5-9-27)35(42)34(41)33(40)31(39)22-38/h2-15,18,20,31,33-35,37-43H,16-17,19,21-23H2,1H3/t31-,33-,34+,35-,36?/m1/s1. The summed E-state index contributed by atoms with van der Waals surface area (Å²) in [6.07, 6.45) is -6.80. The van der Waals surface area contributed by atoms with Gasteiger partial charge in [-0.25, -0.2) is 0 Å². The summed E-state index contributed by atoms with van der Waals surface area (Å²) in [5, 5.41) is 74.2. The van der Waals surface area contributed by atoms with E-state index >= 15 is 0 Å². The van der Waals surface area contributed by atoms with Crippen LogP contribution in [0.3, 0.4) is 0 Å². The number of hydrogen-bond donors (Lipinski definition) is 7. The minimum Gasteiger partial charge on any atom is -0.488 e. The lowest BCUT2D eigenvalue weighted by molar-refractivity contribution is -0.177. The molecule has 0 aliphatic rings. The zero-order valence-corrected chi connectivity index (χ0v) is 24.8. The maximum Gasteiger partial charge on any atom is 0.126 e. The van der Waals surface area contributed by atoms with E-state index in [-0.39, 0.29) is 30.9 Å². The lowest BCUT2D eigenvalue weighted by Gasteiger charge is -2.39. The highest BCUT2D eigenvalue weighted by Crippen LogP contribution is 2.40. The molecule has 5 atom stereocenters. The Morgan fingerprint density at radius 1 is 0.705 bits per heavy atom. The Kier molecular flexibility index (Phi) is 11.7. The van der Waals surface area contributed by atoms with Crippen LogP contribution in [0.25, 0.3) is 0 Å². The van der Waals surface area contributed by atoms with E-state index < -0.39 is 36.6 Å². The van der Waals surface area contributed by atoms with E-state index in [0.29, 0.717) is 18.4 Å². The summed E-state index contributed by atoms with van der Waals surface area (Å²) >= 11 is 0. The Labute approximate surface area is 258 Å². The molecular weight excluding hydrogens is 560 g/mol. The summed E-state index contributed by atoms with van der Waals surface area (Å²) in [6.45, 7) is 1.31. The molecule has 44 heavy (non-hydrogen) atoms. The molecule has 4 rings (SSSR count). The van der Waals surface area contributed by atoms with Crippen LogP contribution in [0, 0.1) is 6.92 Å². The van der Waals surface area contributed by atoms with Crippen LogP contribution in [0.4, 0.5) is 0 Å². The maximum absolute atomic E-state index is 12.5. The molecule has 4 aromatic carbocycles. The second-order valence-corrected chi connectivity index (χ2v) is 11.3. The molecule has 0 spiro atoms. The summed E-state index contributed by atoms with van der Waals surface area (Å²) in [5.41, 5.74) is 3.26. The predicted octanol–water partition coefficient (Wildman–Crippen LogP) is 2.57. The van der Waals surface area contributed by atoms with E-state index in [1.807, 2.05) is 67.6 Å². The van der Waals surface area contributed by atoms with E-state index in [2.05, 4.69) is 0 Å².